The molecule has 20 heavy (non-hydrogen) atoms. The predicted molar refractivity (Wildman–Crippen MR) is 78.7 cm³/mol. The molecule has 0 unspecified atom stereocenters. The van der Waals surface area contributed by atoms with Gasteiger partial charge in [0.1, 0.15) is 18.7 Å². The standard InChI is InChI=1S/C14H24N6/c1-5-15-8-7-13-11(3)18-20(12(13)4)9-14-16-10-17-19(14)6-2/h10,15H,5-9H2,1-4H3. The lowest BCUT2D eigenvalue weighted by molar-refractivity contribution is 0.558. The molecule has 1 N–H and O–H groups in total. The van der Waals surface area contributed by atoms with Gasteiger partial charge in [0.05, 0.1) is 5.69 Å². The van der Waals surface area contributed by atoms with E-state index in [1.54, 1.807) is 6.33 Å². The molecule has 0 spiro atoms. The van der Waals surface area contributed by atoms with Crippen molar-refractivity contribution in [2.75, 3.05) is 13.1 Å². The van der Waals surface area contributed by atoms with Crippen LogP contribution in [0.3, 0.4) is 0 Å². The smallest absolute Gasteiger partial charge is 0.148 e. The minimum absolute atomic E-state index is 0.682. The van der Waals surface area contributed by atoms with Crippen LogP contribution in [0.1, 0.15) is 36.6 Å². The molecule has 0 aliphatic rings. The van der Waals surface area contributed by atoms with Crippen molar-refractivity contribution in [1.82, 2.24) is 29.9 Å². The zero-order valence-corrected chi connectivity index (χ0v) is 12.8. The van der Waals surface area contributed by atoms with E-state index in [1.807, 2.05) is 9.36 Å². The molecule has 6 nitrogen and oxygen atoms in total. The maximum Gasteiger partial charge on any atom is 0.148 e. The van der Waals surface area contributed by atoms with Gasteiger partial charge in [-0.1, -0.05) is 6.92 Å². The van der Waals surface area contributed by atoms with Crippen molar-refractivity contribution < 1.29 is 0 Å². The van der Waals surface area contributed by atoms with E-state index >= 15 is 0 Å². The highest BCUT2D eigenvalue weighted by molar-refractivity contribution is 5.25. The molecule has 0 aliphatic carbocycles. The summed E-state index contributed by atoms with van der Waals surface area (Å²) in [6.07, 6.45) is 2.63. The van der Waals surface area contributed by atoms with Crippen LogP contribution in [0, 0.1) is 13.8 Å². The molecule has 0 saturated carbocycles. The van der Waals surface area contributed by atoms with Crippen LogP contribution in [0.2, 0.25) is 0 Å². The molecular formula is C14H24N6. The Morgan fingerprint density at radius 2 is 2.00 bits per heavy atom. The fraction of sp³-hybridized carbons (Fsp3) is 0.643. The second-order valence-electron chi connectivity index (χ2n) is 4.90. The van der Waals surface area contributed by atoms with Crippen LogP contribution in [-0.2, 0) is 19.5 Å². The van der Waals surface area contributed by atoms with Crippen molar-refractivity contribution in [2.24, 2.45) is 0 Å². The van der Waals surface area contributed by atoms with Crippen molar-refractivity contribution in [1.29, 1.82) is 0 Å². The van der Waals surface area contributed by atoms with Gasteiger partial charge in [0.15, 0.2) is 0 Å². The monoisotopic (exact) mass is 276 g/mol. The Labute approximate surface area is 120 Å². The van der Waals surface area contributed by atoms with Crippen molar-refractivity contribution in [3.8, 4) is 0 Å². The van der Waals surface area contributed by atoms with Crippen LogP contribution in [0.4, 0.5) is 0 Å². The average molecular weight is 276 g/mol. The first-order valence-corrected chi connectivity index (χ1v) is 7.27. The molecule has 2 aromatic rings. The third-order valence-electron chi connectivity index (χ3n) is 3.62. The van der Waals surface area contributed by atoms with Gasteiger partial charge in [-0.2, -0.15) is 10.2 Å². The summed E-state index contributed by atoms with van der Waals surface area (Å²) in [6.45, 7) is 11.9. The first-order valence-electron chi connectivity index (χ1n) is 7.27. The third kappa shape index (κ3) is 3.07. The van der Waals surface area contributed by atoms with Crippen LogP contribution < -0.4 is 5.32 Å². The largest absolute Gasteiger partial charge is 0.317 e. The summed E-state index contributed by atoms with van der Waals surface area (Å²) in [5.41, 5.74) is 3.68. The minimum atomic E-state index is 0.682. The summed E-state index contributed by atoms with van der Waals surface area (Å²) in [4.78, 5) is 4.32. The Balaban J connectivity index is 2.15. The van der Waals surface area contributed by atoms with Crippen LogP contribution in [0.15, 0.2) is 6.33 Å². The molecule has 110 valence electrons. The zero-order valence-electron chi connectivity index (χ0n) is 12.8. The molecule has 0 radical (unpaired) electrons. The number of aryl methyl sites for hydroxylation is 2. The first-order chi connectivity index (χ1) is 9.67. The second-order valence-corrected chi connectivity index (χ2v) is 4.90. The maximum absolute atomic E-state index is 4.65. The zero-order chi connectivity index (χ0) is 14.5. The normalized spacial score (nSPS) is 11.2. The van der Waals surface area contributed by atoms with Gasteiger partial charge >= 0.3 is 0 Å². The van der Waals surface area contributed by atoms with Gasteiger partial charge in [0.25, 0.3) is 0 Å². The number of hydrogen-bond acceptors (Lipinski definition) is 4. The summed E-state index contributed by atoms with van der Waals surface area (Å²) in [6, 6.07) is 0. The fourth-order valence-corrected chi connectivity index (χ4v) is 2.45. The van der Waals surface area contributed by atoms with Gasteiger partial charge in [0.2, 0.25) is 0 Å². The van der Waals surface area contributed by atoms with E-state index in [0.29, 0.717) is 6.54 Å². The molecule has 0 saturated heterocycles. The average Bonchev–Trinajstić information content (AvgIpc) is 2.98. The van der Waals surface area contributed by atoms with Crippen molar-refractivity contribution in [3.05, 3.63) is 29.1 Å². The lowest BCUT2D eigenvalue weighted by Crippen LogP contribution is -2.17. The van der Waals surface area contributed by atoms with Gasteiger partial charge in [-0.3, -0.25) is 4.68 Å². The highest BCUT2D eigenvalue weighted by Gasteiger charge is 2.13. The quantitative estimate of drug-likeness (QED) is 0.775. The van der Waals surface area contributed by atoms with E-state index in [-0.39, 0.29) is 0 Å². The number of rotatable bonds is 7. The maximum atomic E-state index is 4.65. The molecule has 0 fully saturated rings. The summed E-state index contributed by atoms with van der Waals surface area (Å²) in [5.74, 6) is 0.955. The summed E-state index contributed by atoms with van der Waals surface area (Å²) in [5, 5.41) is 12.2. The van der Waals surface area contributed by atoms with E-state index in [2.05, 4.69) is 48.2 Å². The van der Waals surface area contributed by atoms with E-state index in [0.717, 1.165) is 37.6 Å². The Morgan fingerprint density at radius 1 is 1.20 bits per heavy atom. The molecule has 2 aromatic heterocycles. The van der Waals surface area contributed by atoms with Gasteiger partial charge in [-0.05, 0) is 45.8 Å². The second kappa shape index (κ2) is 6.65. The van der Waals surface area contributed by atoms with E-state index < -0.39 is 0 Å². The first kappa shape index (κ1) is 14.7. The number of hydrogen-bond donors (Lipinski definition) is 1. The minimum Gasteiger partial charge on any atom is -0.317 e. The van der Waals surface area contributed by atoms with E-state index in [1.165, 1.54) is 11.3 Å². The van der Waals surface area contributed by atoms with Gasteiger partial charge in [-0.15, -0.1) is 0 Å². The molecular weight excluding hydrogens is 252 g/mol. The number of nitrogens with one attached hydrogen (secondary N) is 1. The Morgan fingerprint density at radius 3 is 2.70 bits per heavy atom. The number of nitrogens with zero attached hydrogens (tertiary/aromatic N) is 5. The summed E-state index contributed by atoms with van der Waals surface area (Å²) < 4.78 is 3.95. The Hall–Kier alpha value is -1.69. The van der Waals surface area contributed by atoms with Crippen LogP contribution in [0.25, 0.3) is 0 Å². The van der Waals surface area contributed by atoms with E-state index in [9.17, 15) is 0 Å². The van der Waals surface area contributed by atoms with Crippen LogP contribution >= 0.6 is 0 Å². The molecule has 2 heterocycles. The van der Waals surface area contributed by atoms with Gasteiger partial charge in [0, 0.05) is 12.2 Å². The molecule has 0 aromatic carbocycles. The SMILES string of the molecule is CCNCCc1c(C)nn(Cc2ncnn2CC)c1C. The van der Waals surface area contributed by atoms with Crippen LogP contribution in [0.5, 0.6) is 0 Å². The van der Waals surface area contributed by atoms with Gasteiger partial charge in [-0.25, -0.2) is 9.67 Å². The molecule has 0 bridgehead atoms. The lowest BCUT2D eigenvalue weighted by Gasteiger charge is -2.06. The lowest BCUT2D eigenvalue weighted by atomic mass is 10.1. The highest BCUT2D eigenvalue weighted by Crippen LogP contribution is 2.14. The van der Waals surface area contributed by atoms with Crippen molar-refractivity contribution in [3.63, 3.8) is 0 Å². The van der Waals surface area contributed by atoms with Crippen molar-refractivity contribution in [2.45, 2.75) is 47.2 Å². The van der Waals surface area contributed by atoms with Gasteiger partial charge < -0.3 is 5.32 Å². The topological polar surface area (TPSA) is 60.6 Å². The highest BCUT2D eigenvalue weighted by atomic mass is 15.4. The summed E-state index contributed by atoms with van der Waals surface area (Å²) in [7, 11) is 0. The fourth-order valence-electron chi connectivity index (χ4n) is 2.45. The third-order valence-corrected chi connectivity index (χ3v) is 3.62. The molecule has 6 heteroatoms. The summed E-state index contributed by atoms with van der Waals surface area (Å²) >= 11 is 0. The number of likely N-dealkylation sites (N-methyl/N-ethyl adjacent to an activating group) is 1. The molecule has 0 amide bonds. The van der Waals surface area contributed by atoms with Crippen molar-refractivity contribution >= 4 is 0 Å². The molecule has 0 aliphatic heterocycles. The van der Waals surface area contributed by atoms with Crippen LogP contribution in [-0.4, -0.2) is 37.6 Å². The molecule has 2 rings (SSSR count). The Bertz CT molecular complexity index is 554. The van der Waals surface area contributed by atoms with E-state index in [4.69, 9.17) is 0 Å². The Kier molecular flexibility index (Phi) is 4.89. The number of aromatic nitrogens is 5. The molecule has 0 atom stereocenters. The predicted octanol–water partition coefficient (Wildman–Crippen LogP) is 1.31.